The highest BCUT2D eigenvalue weighted by Gasteiger charge is 2.19. The Hall–Kier alpha value is -0.830. The van der Waals surface area contributed by atoms with E-state index in [0.29, 0.717) is 12.1 Å². The molecule has 0 aliphatic heterocycles. The van der Waals surface area contributed by atoms with Crippen molar-refractivity contribution in [3.63, 3.8) is 0 Å². The molecule has 78 valence electrons. The lowest BCUT2D eigenvalue weighted by Gasteiger charge is -2.25. The molecule has 0 amide bonds. The Morgan fingerprint density at radius 1 is 1.57 bits per heavy atom. The van der Waals surface area contributed by atoms with Crippen LogP contribution in [-0.4, -0.2) is 15.8 Å². The smallest absolute Gasteiger partial charge is 0.0534 e. The molecule has 3 heteroatoms. The molecule has 14 heavy (non-hydrogen) atoms. The van der Waals surface area contributed by atoms with Gasteiger partial charge in [-0.05, 0) is 19.3 Å². The molecule has 1 aliphatic carbocycles. The first kappa shape index (κ1) is 9.71. The van der Waals surface area contributed by atoms with Crippen molar-refractivity contribution in [3.8, 4) is 0 Å². The lowest BCUT2D eigenvalue weighted by molar-refractivity contribution is 0.289. The normalized spacial score (nSPS) is 17.4. The van der Waals surface area contributed by atoms with Gasteiger partial charge in [-0.25, -0.2) is 0 Å². The van der Waals surface area contributed by atoms with Crippen LogP contribution >= 0.6 is 0 Å². The molecule has 0 aromatic carbocycles. The number of hydrogen-bond acceptors (Lipinski definition) is 2. The van der Waals surface area contributed by atoms with Crippen molar-refractivity contribution in [3.05, 3.63) is 18.0 Å². The van der Waals surface area contributed by atoms with Crippen LogP contribution in [0.15, 0.2) is 12.4 Å². The van der Waals surface area contributed by atoms with Crippen LogP contribution in [0.5, 0.6) is 0 Å². The summed E-state index contributed by atoms with van der Waals surface area (Å²) in [6, 6.07) is 1.23. The van der Waals surface area contributed by atoms with Gasteiger partial charge in [0.25, 0.3) is 0 Å². The van der Waals surface area contributed by atoms with E-state index in [1.54, 1.807) is 0 Å². The minimum Gasteiger partial charge on any atom is -0.310 e. The molecule has 3 nitrogen and oxygen atoms in total. The zero-order valence-electron chi connectivity index (χ0n) is 9.03. The molecule has 2 rings (SSSR count). The summed E-state index contributed by atoms with van der Waals surface area (Å²) in [4.78, 5) is 0. The van der Waals surface area contributed by atoms with Crippen molar-refractivity contribution >= 4 is 0 Å². The fraction of sp³-hybridized carbons (Fsp3) is 0.727. The molecular weight excluding hydrogens is 174 g/mol. The van der Waals surface area contributed by atoms with Crippen LogP contribution in [0.25, 0.3) is 0 Å². The minimum absolute atomic E-state index is 0.544. The maximum Gasteiger partial charge on any atom is 0.0534 e. The summed E-state index contributed by atoms with van der Waals surface area (Å²) in [5, 5.41) is 7.79. The number of aromatic nitrogens is 2. The number of rotatable bonds is 4. The third-order valence-corrected chi connectivity index (χ3v) is 2.82. The van der Waals surface area contributed by atoms with Gasteiger partial charge in [0, 0.05) is 24.3 Å². The Balaban J connectivity index is 1.89. The van der Waals surface area contributed by atoms with Crippen molar-refractivity contribution in [1.82, 2.24) is 15.1 Å². The van der Waals surface area contributed by atoms with Gasteiger partial charge in [0.05, 0.1) is 12.2 Å². The van der Waals surface area contributed by atoms with Gasteiger partial charge in [-0.3, -0.25) is 4.68 Å². The van der Waals surface area contributed by atoms with Crippen molar-refractivity contribution in [2.75, 3.05) is 0 Å². The molecule has 0 radical (unpaired) electrons. The first-order valence-corrected chi connectivity index (χ1v) is 5.52. The topological polar surface area (TPSA) is 29.9 Å². The summed E-state index contributed by atoms with van der Waals surface area (Å²) >= 11 is 0. The third-order valence-electron chi connectivity index (χ3n) is 2.82. The van der Waals surface area contributed by atoms with E-state index in [1.807, 2.05) is 6.20 Å². The summed E-state index contributed by atoms with van der Waals surface area (Å²) in [7, 11) is 0. The molecule has 1 fully saturated rings. The van der Waals surface area contributed by atoms with Crippen LogP contribution in [0.4, 0.5) is 0 Å². The second-order valence-corrected chi connectivity index (χ2v) is 4.45. The second-order valence-electron chi connectivity index (χ2n) is 4.45. The van der Waals surface area contributed by atoms with E-state index in [-0.39, 0.29) is 0 Å². The summed E-state index contributed by atoms with van der Waals surface area (Å²) in [6.07, 6.45) is 8.13. The Morgan fingerprint density at radius 3 is 2.93 bits per heavy atom. The number of nitrogens with zero attached hydrogens (tertiary/aromatic N) is 2. The first-order valence-electron chi connectivity index (χ1n) is 5.52. The summed E-state index contributed by atoms with van der Waals surface area (Å²) in [6.45, 7) is 5.26. The van der Waals surface area contributed by atoms with E-state index >= 15 is 0 Å². The van der Waals surface area contributed by atoms with Crippen molar-refractivity contribution in [2.24, 2.45) is 0 Å². The largest absolute Gasteiger partial charge is 0.310 e. The van der Waals surface area contributed by atoms with E-state index < -0.39 is 0 Å². The minimum atomic E-state index is 0.544. The molecule has 1 heterocycles. The van der Waals surface area contributed by atoms with E-state index in [4.69, 9.17) is 0 Å². The summed E-state index contributed by atoms with van der Waals surface area (Å²) < 4.78 is 2.13. The molecule has 0 bridgehead atoms. The molecule has 1 aliphatic rings. The van der Waals surface area contributed by atoms with Gasteiger partial charge >= 0.3 is 0 Å². The van der Waals surface area contributed by atoms with Crippen LogP contribution in [0.1, 0.15) is 44.7 Å². The van der Waals surface area contributed by atoms with Gasteiger partial charge in [-0.1, -0.05) is 13.8 Å². The van der Waals surface area contributed by atoms with Crippen LogP contribution in [0.3, 0.4) is 0 Å². The van der Waals surface area contributed by atoms with E-state index in [2.05, 4.69) is 35.1 Å². The highest BCUT2D eigenvalue weighted by atomic mass is 15.3. The predicted molar refractivity (Wildman–Crippen MR) is 57.1 cm³/mol. The maximum absolute atomic E-state index is 4.39. The Labute approximate surface area is 85.5 Å². The van der Waals surface area contributed by atoms with E-state index in [9.17, 15) is 0 Å². The zero-order valence-corrected chi connectivity index (χ0v) is 9.03. The van der Waals surface area contributed by atoms with Crippen molar-refractivity contribution in [1.29, 1.82) is 0 Å². The SMILES string of the molecule is CC(C)NCc1cnn(C2CCC2)c1. The molecule has 1 N–H and O–H groups in total. The molecule has 0 saturated heterocycles. The summed E-state index contributed by atoms with van der Waals surface area (Å²) in [5.74, 6) is 0. The Kier molecular flexibility index (Phi) is 2.87. The maximum atomic E-state index is 4.39. The van der Waals surface area contributed by atoms with Crippen molar-refractivity contribution in [2.45, 2.75) is 51.7 Å². The molecule has 0 unspecified atom stereocenters. The number of nitrogens with one attached hydrogen (secondary N) is 1. The van der Waals surface area contributed by atoms with Crippen molar-refractivity contribution < 1.29 is 0 Å². The van der Waals surface area contributed by atoms with E-state index in [1.165, 1.54) is 24.8 Å². The van der Waals surface area contributed by atoms with E-state index in [0.717, 1.165) is 6.54 Å². The molecule has 0 spiro atoms. The van der Waals surface area contributed by atoms with Crippen LogP contribution < -0.4 is 5.32 Å². The third kappa shape index (κ3) is 2.15. The van der Waals surface area contributed by atoms with Gasteiger partial charge < -0.3 is 5.32 Å². The average molecular weight is 193 g/mol. The highest BCUT2D eigenvalue weighted by molar-refractivity contribution is 5.04. The molecular formula is C11H19N3. The lowest BCUT2D eigenvalue weighted by atomic mass is 9.93. The molecule has 1 saturated carbocycles. The quantitative estimate of drug-likeness (QED) is 0.793. The molecule has 1 aromatic heterocycles. The van der Waals surface area contributed by atoms with Gasteiger partial charge in [0.2, 0.25) is 0 Å². The Bertz CT molecular complexity index is 286. The lowest BCUT2D eigenvalue weighted by Crippen LogP contribution is -2.21. The fourth-order valence-corrected chi connectivity index (χ4v) is 1.64. The number of hydrogen-bond donors (Lipinski definition) is 1. The average Bonchev–Trinajstić information content (AvgIpc) is 2.46. The predicted octanol–water partition coefficient (Wildman–Crippen LogP) is 2.11. The monoisotopic (exact) mass is 193 g/mol. The summed E-state index contributed by atoms with van der Waals surface area (Å²) in [5.41, 5.74) is 1.30. The van der Waals surface area contributed by atoms with Gasteiger partial charge in [-0.15, -0.1) is 0 Å². The first-order chi connectivity index (χ1) is 6.75. The van der Waals surface area contributed by atoms with Crippen LogP contribution in [0.2, 0.25) is 0 Å². The van der Waals surface area contributed by atoms with Gasteiger partial charge in [-0.2, -0.15) is 5.10 Å². The van der Waals surface area contributed by atoms with Crippen LogP contribution in [-0.2, 0) is 6.54 Å². The molecule has 1 aromatic rings. The van der Waals surface area contributed by atoms with Gasteiger partial charge in [0.1, 0.15) is 0 Å². The fourth-order valence-electron chi connectivity index (χ4n) is 1.64. The zero-order chi connectivity index (χ0) is 9.97. The molecule has 0 atom stereocenters. The van der Waals surface area contributed by atoms with Crippen LogP contribution in [0, 0.1) is 0 Å². The standard InChI is InChI=1S/C11H19N3/c1-9(2)12-6-10-7-13-14(8-10)11-4-3-5-11/h7-9,11-12H,3-6H2,1-2H3. The Morgan fingerprint density at radius 2 is 2.36 bits per heavy atom. The van der Waals surface area contributed by atoms with Gasteiger partial charge in [0.15, 0.2) is 0 Å². The second kappa shape index (κ2) is 4.13. The highest BCUT2D eigenvalue weighted by Crippen LogP contribution is 2.30.